The minimum atomic E-state index is 0.232. The molecule has 0 aliphatic carbocycles. The first kappa shape index (κ1) is 12.2. The lowest BCUT2D eigenvalue weighted by Gasteiger charge is -2.17. The van der Waals surface area contributed by atoms with Crippen LogP contribution in [-0.4, -0.2) is 29.7 Å². The Labute approximate surface area is 92.5 Å². The van der Waals surface area contributed by atoms with E-state index in [0.717, 1.165) is 26.1 Å². The first-order valence-electron chi connectivity index (χ1n) is 5.71. The molecule has 2 nitrogen and oxygen atoms in total. The summed E-state index contributed by atoms with van der Waals surface area (Å²) in [5.41, 5.74) is 2.56. The molecule has 0 atom stereocenters. The molecule has 0 bridgehead atoms. The number of hydrogen-bond donors (Lipinski definition) is 1. The molecule has 0 aliphatic rings. The van der Waals surface area contributed by atoms with Crippen LogP contribution in [0.2, 0.25) is 0 Å². The normalized spacial score (nSPS) is 10.9. The molecule has 0 heterocycles. The third-order valence-corrected chi connectivity index (χ3v) is 2.72. The summed E-state index contributed by atoms with van der Waals surface area (Å²) >= 11 is 0. The highest BCUT2D eigenvalue weighted by molar-refractivity contribution is 5.22. The zero-order chi connectivity index (χ0) is 11.1. The monoisotopic (exact) mass is 207 g/mol. The standard InChI is InChI=1S/C13H21NO/c1-3-14(4-2)11-13-7-5-12(6-8-13)9-10-15/h5-8,15H,3-4,9-11H2,1-2H3. The summed E-state index contributed by atoms with van der Waals surface area (Å²) in [6.07, 6.45) is 0.756. The Balaban J connectivity index is 2.55. The van der Waals surface area contributed by atoms with Crippen LogP contribution in [0, 0.1) is 0 Å². The second kappa shape index (κ2) is 6.59. The number of nitrogens with zero attached hydrogens (tertiary/aromatic N) is 1. The molecule has 0 unspecified atom stereocenters. The Morgan fingerprint density at radius 1 is 1.00 bits per heavy atom. The van der Waals surface area contributed by atoms with Gasteiger partial charge in [0.25, 0.3) is 0 Å². The minimum absolute atomic E-state index is 0.232. The van der Waals surface area contributed by atoms with Gasteiger partial charge in [-0.15, -0.1) is 0 Å². The maximum absolute atomic E-state index is 8.80. The van der Waals surface area contributed by atoms with Crippen molar-refractivity contribution in [3.8, 4) is 0 Å². The minimum Gasteiger partial charge on any atom is -0.396 e. The van der Waals surface area contributed by atoms with Crippen LogP contribution in [0.25, 0.3) is 0 Å². The molecule has 1 N–H and O–H groups in total. The number of aliphatic hydroxyl groups is 1. The van der Waals surface area contributed by atoms with Crippen LogP contribution in [0.15, 0.2) is 24.3 Å². The summed E-state index contributed by atoms with van der Waals surface area (Å²) in [4.78, 5) is 2.39. The van der Waals surface area contributed by atoms with E-state index in [1.165, 1.54) is 11.1 Å². The Hall–Kier alpha value is -0.860. The fraction of sp³-hybridized carbons (Fsp3) is 0.538. The number of benzene rings is 1. The highest BCUT2D eigenvalue weighted by Crippen LogP contribution is 2.07. The average Bonchev–Trinajstić information content (AvgIpc) is 2.28. The van der Waals surface area contributed by atoms with Gasteiger partial charge in [-0.1, -0.05) is 38.1 Å². The van der Waals surface area contributed by atoms with Gasteiger partial charge in [-0.2, -0.15) is 0 Å². The van der Waals surface area contributed by atoms with Crippen LogP contribution in [0.1, 0.15) is 25.0 Å². The molecule has 84 valence electrons. The Morgan fingerprint density at radius 2 is 1.53 bits per heavy atom. The fourth-order valence-electron chi connectivity index (χ4n) is 1.65. The Kier molecular flexibility index (Phi) is 5.37. The molecule has 0 aromatic heterocycles. The van der Waals surface area contributed by atoms with Crippen molar-refractivity contribution in [2.45, 2.75) is 26.8 Å². The van der Waals surface area contributed by atoms with Gasteiger partial charge in [0.15, 0.2) is 0 Å². The summed E-state index contributed by atoms with van der Waals surface area (Å²) in [5.74, 6) is 0. The van der Waals surface area contributed by atoms with E-state index in [2.05, 4.69) is 43.0 Å². The Bertz CT molecular complexity index is 264. The van der Waals surface area contributed by atoms with Gasteiger partial charge in [0.1, 0.15) is 0 Å². The van der Waals surface area contributed by atoms with Crippen molar-refractivity contribution in [1.82, 2.24) is 4.90 Å². The van der Waals surface area contributed by atoms with Gasteiger partial charge < -0.3 is 5.11 Å². The first-order valence-corrected chi connectivity index (χ1v) is 5.71. The van der Waals surface area contributed by atoms with Crippen molar-refractivity contribution in [3.63, 3.8) is 0 Å². The van der Waals surface area contributed by atoms with Crippen molar-refractivity contribution >= 4 is 0 Å². The molecule has 1 aromatic carbocycles. The lowest BCUT2D eigenvalue weighted by Crippen LogP contribution is -2.22. The van der Waals surface area contributed by atoms with Crippen molar-refractivity contribution in [3.05, 3.63) is 35.4 Å². The first-order chi connectivity index (χ1) is 7.30. The Morgan fingerprint density at radius 3 is 2.00 bits per heavy atom. The van der Waals surface area contributed by atoms with E-state index in [1.54, 1.807) is 0 Å². The van der Waals surface area contributed by atoms with Gasteiger partial charge in [-0.3, -0.25) is 4.90 Å². The average molecular weight is 207 g/mol. The summed E-state index contributed by atoms with van der Waals surface area (Å²) in [7, 11) is 0. The van der Waals surface area contributed by atoms with E-state index in [1.807, 2.05) is 0 Å². The number of rotatable bonds is 6. The molecule has 0 spiro atoms. The van der Waals surface area contributed by atoms with E-state index in [9.17, 15) is 0 Å². The maximum atomic E-state index is 8.80. The summed E-state index contributed by atoms with van der Waals surface area (Å²) in [5, 5.41) is 8.80. The molecule has 0 fully saturated rings. The molecule has 0 amide bonds. The molecule has 0 radical (unpaired) electrons. The summed E-state index contributed by atoms with van der Waals surface area (Å²) < 4.78 is 0. The number of aliphatic hydroxyl groups excluding tert-OH is 1. The molecule has 0 saturated heterocycles. The predicted molar refractivity (Wildman–Crippen MR) is 63.9 cm³/mol. The molecular weight excluding hydrogens is 186 g/mol. The van der Waals surface area contributed by atoms with Crippen LogP contribution in [0.4, 0.5) is 0 Å². The van der Waals surface area contributed by atoms with E-state index in [-0.39, 0.29) is 6.61 Å². The smallest absolute Gasteiger partial charge is 0.0471 e. The zero-order valence-electron chi connectivity index (χ0n) is 9.74. The van der Waals surface area contributed by atoms with Gasteiger partial charge in [0.2, 0.25) is 0 Å². The van der Waals surface area contributed by atoms with Crippen LogP contribution >= 0.6 is 0 Å². The van der Waals surface area contributed by atoms with Crippen LogP contribution in [-0.2, 0) is 13.0 Å². The van der Waals surface area contributed by atoms with Gasteiger partial charge in [-0.25, -0.2) is 0 Å². The molecule has 0 aliphatic heterocycles. The third-order valence-electron chi connectivity index (χ3n) is 2.72. The quantitative estimate of drug-likeness (QED) is 0.772. The third kappa shape index (κ3) is 4.02. The molecule has 15 heavy (non-hydrogen) atoms. The van der Waals surface area contributed by atoms with Gasteiger partial charge in [-0.05, 0) is 30.6 Å². The highest BCUT2D eigenvalue weighted by atomic mass is 16.2. The largest absolute Gasteiger partial charge is 0.396 e. The topological polar surface area (TPSA) is 23.5 Å². The SMILES string of the molecule is CCN(CC)Cc1ccc(CCO)cc1. The zero-order valence-corrected chi connectivity index (χ0v) is 9.74. The van der Waals surface area contributed by atoms with Gasteiger partial charge in [0, 0.05) is 13.2 Å². The van der Waals surface area contributed by atoms with Crippen LogP contribution in [0.3, 0.4) is 0 Å². The van der Waals surface area contributed by atoms with Crippen molar-refractivity contribution in [2.24, 2.45) is 0 Å². The molecular formula is C13H21NO. The highest BCUT2D eigenvalue weighted by Gasteiger charge is 2.00. The van der Waals surface area contributed by atoms with Crippen molar-refractivity contribution < 1.29 is 5.11 Å². The molecule has 1 aromatic rings. The molecule has 0 saturated carbocycles. The van der Waals surface area contributed by atoms with Crippen LogP contribution < -0.4 is 0 Å². The van der Waals surface area contributed by atoms with E-state index in [4.69, 9.17) is 5.11 Å². The van der Waals surface area contributed by atoms with Gasteiger partial charge in [0.05, 0.1) is 0 Å². The van der Waals surface area contributed by atoms with Crippen molar-refractivity contribution in [1.29, 1.82) is 0 Å². The van der Waals surface area contributed by atoms with Gasteiger partial charge >= 0.3 is 0 Å². The second-order valence-corrected chi connectivity index (χ2v) is 3.75. The van der Waals surface area contributed by atoms with E-state index >= 15 is 0 Å². The second-order valence-electron chi connectivity index (χ2n) is 3.75. The molecule has 1 rings (SSSR count). The summed E-state index contributed by atoms with van der Waals surface area (Å²) in [6.45, 7) is 7.80. The van der Waals surface area contributed by atoms with Crippen LogP contribution in [0.5, 0.6) is 0 Å². The van der Waals surface area contributed by atoms with E-state index < -0.39 is 0 Å². The lowest BCUT2D eigenvalue weighted by molar-refractivity contribution is 0.295. The number of hydrogen-bond acceptors (Lipinski definition) is 2. The predicted octanol–water partition coefficient (Wildman–Crippen LogP) is 2.06. The van der Waals surface area contributed by atoms with Crippen molar-refractivity contribution in [2.75, 3.05) is 19.7 Å². The maximum Gasteiger partial charge on any atom is 0.0471 e. The van der Waals surface area contributed by atoms with E-state index in [0.29, 0.717) is 0 Å². The fourth-order valence-corrected chi connectivity index (χ4v) is 1.65. The summed E-state index contributed by atoms with van der Waals surface area (Å²) in [6, 6.07) is 8.52. The lowest BCUT2D eigenvalue weighted by atomic mass is 10.1. The molecule has 2 heteroatoms.